The molecule has 2 aliphatic heterocycles. The SMILES string of the molecule is CC(C)(C)OC(=O)N[C@@H](CCCCC/C=C\[C@@H]1C[C@]1(NC=O)C(N)=O)C(=O)N1CC[C@@H](OC(=O)N2Cc3ccc(C(F)(F)F)cc3C2)C1. The lowest BCUT2D eigenvalue weighted by Crippen LogP contribution is -2.49. The molecule has 0 radical (unpaired) electrons. The lowest BCUT2D eigenvalue weighted by Gasteiger charge is -2.26. The van der Waals surface area contributed by atoms with Gasteiger partial charge in [0.1, 0.15) is 23.3 Å². The highest BCUT2D eigenvalue weighted by Crippen LogP contribution is 2.44. The molecule has 0 spiro atoms. The van der Waals surface area contributed by atoms with Crippen molar-refractivity contribution < 1.29 is 46.6 Å². The number of nitrogens with one attached hydrogen (secondary N) is 2. The molecule has 1 aromatic carbocycles. The molecule has 0 unspecified atom stereocenters. The molecule has 1 aliphatic carbocycles. The summed E-state index contributed by atoms with van der Waals surface area (Å²) in [6.45, 7) is 5.70. The van der Waals surface area contributed by atoms with Crippen LogP contribution in [0.4, 0.5) is 22.8 Å². The molecular weight excluding hydrogens is 635 g/mol. The maximum atomic E-state index is 13.5. The fourth-order valence-electron chi connectivity index (χ4n) is 6.06. The molecule has 4 rings (SSSR count). The zero-order valence-electron chi connectivity index (χ0n) is 27.4. The van der Waals surface area contributed by atoms with Crippen LogP contribution in [-0.4, -0.2) is 76.6 Å². The molecule has 48 heavy (non-hydrogen) atoms. The van der Waals surface area contributed by atoms with Crippen LogP contribution in [0.1, 0.15) is 82.4 Å². The van der Waals surface area contributed by atoms with E-state index < -0.39 is 53.1 Å². The number of nitrogens with two attached hydrogens (primary N) is 1. The molecule has 1 aromatic rings. The standard InChI is InChI=1S/C33H44F3N5O7/c1-31(2,3)48-29(45)39-26(10-8-6-4-5-7-9-24-16-32(24,28(37)44)38-20-42)27(43)40-14-13-25(19-40)47-30(46)41-17-21-11-12-23(33(34,35)36)15-22(21)18-41/h7,9,11-12,15,20,24-26H,4-6,8,10,13-14,16-19H2,1-3H3,(H2,37,44)(H,38,42)(H,39,45)/b9-7-/t24-,25-,26+,32-/m1/s1. The van der Waals surface area contributed by atoms with Crippen molar-refractivity contribution >= 4 is 30.4 Å². The van der Waals surface area contributed by atoms with Crippen molar-refractivity contribution in [1.29, 1.82) is 0 Å². The van der Waals surface area contributed by atoms with Gasteiger partial charge in [-0.05, 0) is 69.7 Å². The van der Waals surface area contributed by atoms with E-state index in [0.29, 0.717) is 49.8 Å². The van der Waals surface area contributed by atoms with Crippen molar-refractivity contribution in [2.45, 2.75) is 108 Å². The maximum Gasteiger partial charge on any atom is 0.416 e. The number of nitrogens with zero attached hydrogens (tertiary/aromatic N) is 2. The van der Waals surface area contributed by atoms with E-state index in [2.05, 4.69) is 10.6 Å². The van der Waals surface area contributed by atoms with Gasteiger partial charge in [0.2, 0.25) is 18.2 Å². The molecule has 1 saturated heterocycles. The van der Waals surface area contributed by atoms with E-state index in [9.17, 15) is 37.1 Å². The van der Waals surface area contributed by atoms with Crippen molar-refractivity contribution in [1.82, 2.24) is 20.4 Å². The van der Waals surface area contributed by atoms with Gasteiger partial charge in [0.25, 0.3) is 0 Å². The Morgan fingerprint density at radius 2 is 1.81 bits per heavy atom. The van der Waals surface area contributed by atoms with E-state index in [1.165, 1.54) is 15.9 Å². The lowest BCUT2D eigenvalue weighted by atomic mass is 10.1. The van der Waals surface area contributed by atoms with Crippen LogP contribution in [-0.2, 0) is 43.1 Å². The summed E-state index contributed by atoms with van der Waals surface area (Å²) in [4.78, 5) is 64.4. The van der Waals surface area contributed by atoms with Crippen molar-refractivity contribution in [3.63, 3.8) is 0 Å². The van der Waals surface area contributed by atoms with Crippen molar-refractivity contribution in [2.24, 2.45) is 11.7 Å². The van der Waals surface area contributed by atoms with Gasteiger partial charge >= 0.3 is 18.4 Å². The van der Waals surface area contributed by atoms with Crippen molar-refractivity contribution in [3.8, 4) is 0 Å². The molecule has 12 nitrogen and oxygen atoms in total. The van der Waals surface area contributed by atoms with E-state index >= 15 is 0 Å². The number of allylic oxidation sites excluding steroid dienone is 1. The first-order valence-corrected chi connectivity index (χ1v) is 16.1. The zero-order valence-corrected chi connectivity index (χ0v) is 27.4. The summed E-state index contributed by atoms with van der Waals surface area (Å²) < 4.78 is 50.3. The molecule has 3 aliphatic rings. The smallest absolute Gasteiger partial charge is 0.416 e. The second-order valence-electron chi connectivity index (χ2n) is 13.6. The normalized spacial score (nSPS) is 22.6. The highest BCUT2D eigenvalue weighted by Gasteiger charge is 2.57. The average molecular weight is 680 g/mol. The van der Waals surface area contributed by atoms with Crippen molar-refractivity contribution in [3.05, 3.63) is 47.0 Å². The Bertz CT molecular complexity index is 1410. The van der Waals surface area contributed by atoms with Crippen LogP contribution in [0.2, 0.25) is 0 Å². The van der Waals surface area contributed by atoms with E-state index in [-0.39, 0.29) is 31.5 Å². The number of unbranched alkanes of at least 4 members (excludes halogenated alkanes) is 3. The third-order valence-corrected chi connectivity index (χ3v) is 8.73. The van der Waals surface area contributed by atoms with Crippen LogP contribution in [0.5, 0.6) is 0 Å². The van der Waals surface area contributed by atoms with E-state index in [1.54, 1.807) is 20.8 Å². The minimum absolute atomic E-state index is 0.00274. The van der Waals surface area contributed by atoms with Gasteiger partial charge < -0.3 is 30.7 Å². The summed E-state index contributed by atoms with van der Waals surface area (Å²) in [5, 5.41) is 5.20. The highest BCUT2D eigenvalue weighted by atomic mass is 19.4. The van der Waals surface area contributed by atoms with Gasteiger partial charge in [0.05, 0.1) is 12.1 Å². The van der Waals surface area contributed by atoms with Gasteiger partial charge in [0, 0.05) is 32.0 Å². The quantitative estimate of drug-likeness (QED) is 0.160. The van der Waals surface area contributed by atoms with Crippen molar-refractivity contribution in [2.75, 3.05) is 13.1 Å². The molecule has 4 N–H and O–H groups in total. The van der Waals surface area contributed by atoms with Crippen LogP contribution in [0.15, 0.2) is 30.4 Å². The second-order valence-corrected chi connectivity index (χ2v) is 13.6. The number of amides is 5. The summed E-state index contributed by atoms with van der Waals surface area (Å²) in [7, 11) is 0. The van der Waals surface area contributed by atoms with Gasteiger partial charge in [-0.1, -0.05) is 31.1 Å². The van der Waals surface area contributed by atoms with E-state index in [0.717, 1.165) is 31.4 Å². The number of benzene rings is 1. The molecular formula is C33H44F3N5O7. The minimum Gasteiger partial charge on any atom is -0.444 e. The Balaban J connectivity index is 1.25. The first-order chi connectivity index (χ1) is 22.5. The maximum absolute atomic E-state index is 13.5. The first-order valence-electron chi connectivity index (χ1n) is 16.1. The number of alkyl carbamates (subject to hydrolysis) is 1. The number of carbonyl (C=O) groups is 5. The topological polar surface area (TPSA) is 160 Å². The van der Waals surface area contributed by atoms with Gasteiger partial charge in [-0.25, -0.2) is 9.59 Å². The summed E-state index contributed by atoms with van der Waals surface area (Å²) in [6.07, 6.45) is 1.90. The molecule has 2 heterocycles. The van der Waals surface area contributed by atoms with Crippen LogP contribution in [0.25, 0.3) is 0 Å². The fourth-order valence-corrected chi connectivity index (χ4v) is 6.06. The number of primary amides is 1. The lowest BCUT2D eigenvalue weighted by molar-refractivity contribution is -0.137. The Labute approximate surface area is 277 Å². The van der Waals surface area contributed by atoms with Crippen LogP contribution in [0, 0.1) is 5.92 Å². The summed E-state index contributed by atoms with van der Waals surface area (Å²) in [6, 6.07) is 2.55. The largest absolute Gasteiger partial charge is 0.444 e. The molecule has 0 bridgehead atoms. The summed E-state index contributed by atoms with van der Waals surface area (Å²) in [5.74, 6) is -1.03. The molecule has 1 saturated carbocycles. The molecule has 264 valence electrons. The third kappa shape index (κ3) is 9.41. The number of halogens is 3. The van der Waals surface area contributed by atoms with Gasteiger partial charge in [-0.3, -0.25) is 19.3 Å². The third-order valence-electron chi connectivity index (χ3n) is 8.73. The fraction of sp³-hybridized carbons (Fsp3) is 0.606. The predicted octanol–water partition coefficient (Wildman–Crippen LogP) is 4.15. The van der Waals surface area contributed by atoms with Crippen LogP contribution >= 0.6 is 0 Å². The van der Waals surface area contributed by atoms with E-state index in [1.807, 2.05) is 12.2 Å². The summed E-state index contributed by atoms with van der Waals surface area (Å²) in [5.41, 5.74) is 3.90. The number of alkyl halides is 3. The van der Waals surface area contributed by atoms with Gasteiger partial charge in [-0.15, -0.1) is 0 Å². The Kier molecular flexibility index (Phi) is 11.3. The number of rotatable bonds is 13. The Morgan fingerprint density at radius 1 is 1.08 bits per heavy atom. The Morgan fingerprint density at radius 3 is 2.48 bits per heavy atom. The second kappa shape index (κ2) is 14.9. The molecule has 5 amide bonds. The number of likely N-dealkylation sites (tertiary alicyclic amines) is 1. The van der Waals surface area contributed by atoms with Gasteiger partial charge in [0.15, 0.2) is 0 Å². The predicted molar refractivity (Wildman–Crippen MR) is 167 cm³/mol. The number of ether oxygens (including phenoxy) is 2. The van der Waals surface area contributed by atoms with Crippen LogP contribution in [0.3, 0.4) is 0 Å². The number of carbonyl (C=O) groups excluding carboxylic acids is 5. The highest BCUT2D eigenvalue weighted by molar-refractivity contribution is 5.91. The monoisotopic (exact) mass is 679 g/mol. The molecule has 4 atom stereocenters. The van der Waals surface area contributed by atoms with Gasteiger partial charge in [-0.2, -0.15) is 13.2 Å². The summed E-state index contributed by atoms with van der Waals surface area (Å²) >= 11 is 0. The molecule has 15 heteroatoms. The minimum atomic E-state index is -4.48. The number of hydrogen-bond acceptors (Lipinski definition) is 7. The molecule has 2 fully saturated rings. The first kappa shape index (κ1) is 36.5. The van der Waals surface area contributed by atoms with Crippen LogP contribution < -0.4 is 16.4 Å². The number of hydrogen-bond donors (Lipinski definition) is 3. The Hall–Kier alpha value is -4.30. The average Bonchev–Trinajstić information content (AvgIpc) is 3.29. The zero-order chi connectivity index (χ0) is 35.3. The van der Waals surface area contributed by atoms with E-state index in [4.69, 9.17) is 15.2 Å². The molecule has 0 aromatic heterocycles. The number of fused-ring (bicyclic) bond motifs is 1.